The summed E-state index contributed by atoms with van der Waals surface area (Å²) in [6.07, 6.45) is 4.62. The molecule has 0 aliphatic carbocycles. The molecule has 0 amide bonds. The molecule has 2 heteroatoms. The normalized spacial score (nSPS) is 14.4. The van der Waals surface area contributed by atoms with Gasteiger partial charge in [0.1, 0.15) is 5.75 Å². The second-order valence-electron chi connectivity index (χ2n) is 5.85. The zero-order valence-corrected chi connectivity index (χ0v) is 11.9. The Hall–Kier alpha value is -1.02. The first kappa shape index (κ1) is 13.4. The lowest BCUT2D eigenvalue weighted by molar-refractivity contribution is 0.356. The van der Waals surface area contributed by atoms with Crippen molar-refractivity contribution in [2.75, 3.05) is 13.2 Å². The van der Waals surface area contributed by atoms with E-state index in [-0.39, 0.29) is 5.54 Å². The predicted molar refractivity (Wildman–Crippen MR) is 76.3 cm³/mol. The highest BCUT2D eigenvalue weighted by Crippen LogP contribution is 2.25. The van der Waals surface area contributed by atoms with Gasteiger partial charge in [-0.15, -0.1) is 0 Å². The van der Waals surface area contributed by atoms with Gasteiger partial charge in [0.2, 0.25) is 0 Å². The molecule has 0 atom stereocenters. The van der Waals surface area contributed by atoms with Gasteiger partial charge in [0.25, 0.3) is 0 Å². The molecule has 0 saturated carbocycles. The van der Waals surface area contributed by atoms with Crippen molar-refractivity contribution in [3.63, 3.8) is 0 Å². The first-order valence-electron chi connectivity index (χ1n) is 7.10. The largest absolute Gasteiger partial charge is 0.493 e. The number of nitrogens with one attached hydrogen (secondary N) is 1. The Labute approximate surface area is 111 Å². The molecular formula is C16H25NO. The Morgan fingerprint density at radius 2 is 2.17 bits per heavy atom. The van der Waals surface area contributed by atoms with E-state index in [1.165, 1.54) is 24.0 Å². The molecule has 0 spiro atoms. The molecule has 18 heavy (non-hydrogen) atoms. The predicted octanol–water partition coefficient (Wildman–Crippen LogP) is 3.33. The molecule has 1 aromatic rings. The van der Waals surface area contributed by atoms with Crippen molar-refractivity contribution >= 4 is 0 Å². The standard InChI is InChI=1S/C16H25NO/c1-4-9-16(2,3)17-10-7-13-5-6-15-14(12-13)8-11-18-15/h5-6,12,17H,4,7-11H2,1-3H3. The first-order chi connectivity index (χ1) is 8.61. The summed E-state index contributed by atoms with van der Waals surface area (Å²) in [5.74, 6) is 1.08. The van der Waals surface area contributed by atoms with Gasteiger partial charge in [-0.25, -0.2) is 0 Å². The molecule has 2 nitrogen and oxygen atoms in total. The average Bonchev–Trinajstić information content (AvgIpc) is 2.75. The smallest absolute Gasteiger partial charge is 0.122 e. The van der Waals surface area contributed by atoms with Crippen LogP contribution >= 0.6 is 0 Å². The molecule has 1 N–H and O–H groups in total. The minimum Gasteiger partial charge on any atom is -0.493 e. The molecule has 0 radical (unpaired) electrons. The Kier molecular flexibility index (Phi) is 4.28. The summed E-state index contributed by atoms with van der Waals surface area (Å²) >= 11 is 0. The molecule has 1 aliphatic heterocycles. The van der Waals surface area contributed by atoms with Crippen LogP contribution in [0.1, 0.15) is 44.7 Å². The van der Waals surface area contributed by atoms with E-state index in [0.717, 1.165) is 31.7 Å². The van der Waals surface area contributed by atoms with Gasteiger partial charge >= 0.3 is 0 Å². The highest BCUT2D eigenvalue weighted by atomic mass is 16.5. The van der Waals surface area contributed by atoms with Gasteiger partial charge < -0.3 is 10.1 Å². The topological polar surface area (TPSA) is 21.3 Å². The van der Waals surface area contributed by atoms with E-state index in [1.54, 1.807) is 0 Å². The Bertz CT molecular complexity index is 398. The van der Waals surface area contributed by atoms with Gasteiger partial charge in [-0.1, -0.05) is 25.5 Å². The van der Waals surface area contributed by atoms with E-state index in [4.69, 9.17) is 4.74 Å². The molecule has 0 bridgehead atoms. The lowest BCUT2D eigenvalue weighted by atomic mass is 9.98. The lowest BCUT2D eigenvalue weighted by Gasteiger charge is -2.25. The zero-order valence-electron chi connectivity index (χ0n) is 11.9. The van der Waals surface area contributed by atoms with Crippen molar-refractivity contribution in [2.24, 2.45) is 0 Å². The number of ether oxygens (including phenoxy) is 1. The van der Waals surface area contributed by atoms with Crippen molar-refractivity contribution < 1.29 is 4.74 Å². The molecule has 0 aromatic heterocycles. The summed E-state index contributed by atoms with van der Waals surface area (Å²) in [6, 6.07) is 6.62. The van der Waals surface area contributed by atoms with Crippen LogP contribution in [0.25, 0.3) is 0 Å². The SMILES string of the molecule is CCCC(C)(C)NCCc1ccc2c(c1)CCO2. The van der Waals surface area contributed by atoms with E-state index in [9.17, 15) is 0 Å². The second kappa shape index (κ2) is 5.75. The summed E-state index contributed by atoms with van der Waals surface area (Å²) in [6.45, 7) is 8.71. The van der Waals surface area contributed by atoms with E-state index in [0.29, 0.717) is 0 Å². The summed E-state index contributed by atoms with van der Waals surface area (Å²) < 4.78 is 5.53. The molecule has 1 aliphatic rings. The van der Waals surface area contributed by atoms with Gasteiger partial charge in [0, 0.05) is 12.0 Å². The van der Waals surface area contributed by atoms with Crippen LogP contribution in [0.2, 0.25) is 0 Å². The van der Waals surface area contributed by atoms with Crippen LogP contribution in [0, 0.1) is 0 Å². The summed E-state index contributed by atoms with van der Waals surface area (Å²) in [7, 11) is 0. The number of fused-ring (bicyclic) bond motifs is 1. The Morgan fingerprint density at radius 3 is 2.94 bits per heavy atom. The van der Waals surface area contributed by atoms with Crippen molar-refractivity contribution in [3.8, 4) is 5.75 Å². The van der Waals surface area contributed by atoms with Crippen LogP contribution in [-0.4, -0.2) is 18.7 Å². The summed E-state index contributed by atoms with van der Waals surface area (Å²) in [4.78, 5) is 0. The lowest BCUT2D eigenvalue weighted by Crippen LogP contribution is -2.40. The molecule has 1 aromatic carbocycles. The first-order valence-corrected chi connectivity index (χ1v) is 7.10. The molecular weight excluding hydrogens is 222 g/mol. The maximum atomic E-state index is 5.53. The van der Waals surface area contributed by atoms with Crippen LogP contribution in [0.5, 0.6) is 5.75 Å². The van der Waals surface area contributed by atoms with E-state index < -0.39 is 0 Å². The van der Waals surface area contributed by atoms with E-state index in [1.807, 2.05) is 0 Å². The number of hydrogen-bond donors (Lipinski definition) is 1. The minimum absolute atomic E-state index is 0.259. The van der Waals surface area contributed by atoms with E-state index >= 15 is 0 Å². The fraction of sp³-hybridized carbons (Fsp3) is 0.625. The highest BCUT2D eigenvalue weighted by Gasteiger charge is 2.15. The Balaban J connectivity index is 1.84. The van der Waals surface area contributed by atoms with Crippen LogP contribution < -0.4 is 10.1 Å². The highest BCUT2D eigenvalue weighted by molar-refractivity contribution is 5.39. The van der Waals surface area contributed by atoms with Crippen LogP contribution in [0.3, 0.4) is 0 Å². The van der Waals surface area contributed by atoms with Crippen LogP contribution in [-0.2, 0) is 12.8 Å². The maximum Gasteiger partial charge on any atom is 0.122 e. The monoisotopic (exact) mass is 247 g/mol. The fourth-order valence-electron chi connectivity index (χ4n) is 2.65. The van der Waals surface area contributed by atoms with Gasteiger partial charge in [0.05, 0.1) is 6.61 Å². The van der Waals surface area contributed by atoms with Crippen molar-refractivity contribution in [1.82, 2.24) is 5.32 Å². The number of rotatable bonds is 6. The third-order valence-electron chi connectivity index (χ3n) is 3.65. The van der Waals surface area contributed by atoms with Crippen LogP contribution in [0.4, 0.5) is 0 Å². The van der Waals surface area contributed by atoms with Gasteiger partial charge in [-0.3, -0.25) is 0 Å². The third kappa shape index (κ3) is 3.49. The van der Waals surface area contributed by atoms with E-state index in [2.05, 4.69) is 44.3 Å². The summed E-state index contributed by atoms with van der Waals surface area (Å²) in [5, 5.41) is 3.64. The quantitative estimate of drug-likeness (QED) is 0.832. The summed E-state index contributed by atoms with van der Waals surface area (Å²) in [5.41, 5.74) is 3.05. The van der Waals surface area contributed by atoms with Crippen molar-refractivity contribution in [1.29, 1.82) is 0 Å². The zero-order chi connectivity index (χ0) is 13.0. The third-order valence-corrected chi connectivity index (χ3v) is 3.65. The molecule has 0 fully saturated rings. The fourth-order valence-corrected chi connectivity index (χ4v) is 2.65. The van der Waals surface area contributed by atoms with Gasteiger partial charge in [-0.2, -0.15) is 0 Å². The molecule has 0 unspecified atom stereocenters. The minimum atomic E-state index is 0.259. The molecule has 1 heterocycles. The molecule has 2 rings (SSSR count). The number of hydrogen-bond acceptors (Lipinski definition) is 2. The Morgan fingerprint density at radius 1 is 1.33 bits per heavy atom. The molecule has 100 valence electrons. The number of benzene rings is 1. The van der Waals surface area contributed by atoms with Crippen molar-refractivity contribution in [3.05, 3.63) is 29.3 Å². The van der Waals surface area contributed by atoms with Crippen molar-refractivity contribution in [2.45, 2.75) is 52.0 Å². The molecule has 0 saturated heterocycles. The second-order valence-corrected chi connectivity index (χ2v) is 5.85. The average molecular weight is 247 g/mol. The van der Waals surface area contributed by atoms with Gasteiger partial charge in [0.15, 0.2) is 0 Å². The maximum absolute atomic E-state index is 5.53. The van der Waals surface area contributed by atoms with Gasteiger partial charge in [-0.05, 0) is 50.4 Å². The van der Waals surface area contributed by atoms with Crippen LogP contribution in [0.15, 0.2) is 18.2 Å².